The molecule has 0 aliphatic rings. The summed E-state index contributed by atoms with van der Waals surface area (Å²) in [6.45, 7) is 2.00. The van der Waals surface area contributed by atoms with E-state index in [-0.39, 0.29) is 17.3 Å². The number of nitro groups is 1. The van der Waals surface area contributed by atoms with Crippen molar-refractivity contribution in [2.75, 3.05) is 11.1 Å². The van der Waals surface area contributed by atoms with Crippen LogP contribution < -0.4 is 5.32 Å². The number of aromatic nitrogens is 4. The summed E-state index contributed by atoms with van der Waals surface area (Å²) in [6.07, 6.45) is 3.38. The second-order valence-electron chi connectivity index (χ2n) is 6.80. The zero-order chi connectivity index (χ0) is 22.5. The largest absolute Gasteiger partial charge is 0.325 e. The molecule has 2 aromatic heterocycles. The first-order valence-corrected chi connectivity index (χ1v) is 10.6. The maximum absolute atomic E-state index is 12.5. The minimum absolute atomic E-state index is 0.0349. The van der Waals surface area contributed by atoms with E-state index in [2.05, 4.69) is 20.5 Å². The Kier molecular flexibility index (Phi) is 6.22. The van der Waals surface area contributed by atoms with Crippen LogP contribution in [0, 0.1) is 17.0 Å². The van der Waals surface area contributed by atoms with Gasteiger partial charge in [-0.15, -0.1) is 10.2 Å². The molecule has 2 heterocycles. The smallest absolute Gasteiger partial charge is 0.269 e. The summed E-state index contributed by atoms with van der Waals surface area (Å²) < 4.78 is 1.93. The van der Waals surface area contributed by atoms with Crippen molar-refractivity contribution in [2.45, 2.75) is 12.1 Å². The van der Waals surface area contributed by atoms with Crippen molar-refractivity contribution >= 4 is 29.0 Å². The standard InChI is InChI=1S/C22H18N6O3S/c1-15-4-2-3-5-19(15)27-21(16-10-12-23-13-11-16)25-26-22(27)32-14-20(29)24-17-6-8-18(9-7-17)28(30)31/h2-13H,14H2,1H3,(H,24,29). The van der Waals surface area contributed by atoms with Crippen LogP contribution in [0.15, 0.2) is 78.2 Å². The minimum atomic E-state index is -0.486. The maximum Gasteiger partial charge on any atom is 0.269 e. The van der Waals surface area contributed by atoms with Gasteiger partial charge in [0.2, 0.25) is 5.91 Å². The van der Waals surface area contributed by atoms with Crippen LogP contribution in [0.25, 0.3) is 17.1 Å². The lowest BCUT2D eigenvalue weighted by Gasteiger charge is -2.12. The Balaban J connectivity index is 1.56. The number of benzene rings is 2. The van der Waals surface area contributed by atoms with Crippen LogP contribution in [-0.4, -0.2) is 36.3 Å². The molecule has 4 aromatic rings. The van der Waals surface area contributed by atoms with Crippen LogP contribution in [0.2, 0.25) is 0 Å². The SMILES string of the molecule is Cc1ccccc1-n1c(SCC(=O)Nc2ccc([N+](=O)[O-])cc2)nnc1-c1ccncc1. The number of anilines is 1. The molecule has 0 radical (unpaired) electrons. The van der Waals surface area contributed by atoms with E-state index in [4.69, 9.17) is 0 Å². The highest BCUT2D eigenvalue weighted by atomic mass is 32.2. The predicted molar refractivity (Wildman–Crippen MR) is 122 cm³/mol. The zero-order valence-corrected chi connectivity index (χ0v) is 17.8. The van der Waals surface area contributed by atoms with Gasteiger partial charge < -0.3 is 5.32 Å². The summed E-state index contributed by atoms with van der Waals surface area (Å²) in [4.78, 5) is 26.8. The van der Waals surface area contributed by atoms with E-state index in [9.17, 15) is 14.9 Å². The molecule has 10 heteroatoms. The Morgan fingerprint density at radius 1 is 1.06 bits per heavy atom. The van der Waals surface area contributed by atoms with Crippen molar-refractivity contribution in [1.29, 1.82) is 0 Å². The Morgan fingerprint density at radius 3 is 2.47 bits per heavy atom. The number of thioether (sulfide) groups is 1. The molecular formula is C22H18N6O3S. The van der Waals surface area contributed by atoms with Crippen molar-refractivity contribution in [3.05, 3.63) is 88.7 Å². The van der Waals surface area contributed by atoms with Gasteiger partial charge in [-0.1, -0.05) is 30.0 Å². The Morgan fingerprint density at radius 2 is 1.78 bits per heavy atom. The molecule has 160 valence electrons. The number of amides is 1. The number of aryl methyl sites for hydroxylation is 1. The molecule has 32 heavy (non-hydrogen) atoms. The molecule has 0 saturated carbocycles. The lowest BCUT2D eigenvalue weighted by Crippen LogP contribution is -2.14. The van der Waals surface area contributed by atoms with Gasteiger partial charge >= 0.3 is 0 Å². The third kappa shape index (κ3) is 4.65. The van der Waals surface area contributed by atoms with Crippen LogP contribution in [0.1, 0.15) is 5.56 Å². The summed E-state index contributed by atoms with van der Waals surface area (Å²) in [5.74, 6) is 0.491. The van der Waals surface area contributed by atoms with E-state index in [1.807, 2.05) is 47.9 Å². The van der Waals surface area contributed by atoms with Crippen LogP contribution in [0.4, 0.5) is 11.4 Å². The fourth-order valence-corrected chi connectivity index (χ4v) is 3.82. The first-order chi connectivity index (χ1) is 15.5. The highest BCUT2D eigenvalue weighted by molar-refractivity contribution is 7.99. The molecule has 1 N–H and O–H groups in total. The number of hydrogen-bond donors (Lipinski definition) is 1. The molecule has 0 unspecified atom stereocenters. The second-order valence-corrected chi connectivity index (χ2v) is 7.75. The van der Waals surface area contributed by atoms with Crippen molar-refractivity contribution < 1.29 is 9.72 Å². The number of nitro benzene ring substituents is 1. The lowest BCUT2D eigenvalue weighted by atomic mass is 10.2. The fraction of sp³-hybridized carbons (Fsp3) is 0.0909. The second kappa shape index (κ2) is 9.40. The van der Waals surface area contributed by atoms with Crippen LogP contribution in [0.5, 0.6) is 0 Å². The number of pyridine rings is 1. The molecule has 0 aliphatic heterocycles. The highest BCUT2D eigenvalue weighted by Crippen LogP contribution is 2.29. The topological polar surface area (TPSA) is 116 Å². The molecule has 0 fully saturated rings. The van der Waals surface area contributed by atoms with Crippen molar-refractivity contribution in [1.82, 2.24) is 19.7 Å². The average Bonchev–Trinajstić information content (AvgIpc) is 3.23. The molecule has 0 atom stereocenters. The fourth-order valence-electron chi connectivity index (χ4n) is 3.08. The van der Waals surface area contributed by atoms with Gasteiger partial charge in [-0.2, -0.15) is 0 Å². The van der Waals surface area contributed by atoms with E-state index >= 15 is 0 Å². The van der Waals surface area contributed by atoms with Gasteiger partial charge in [-0.3, -0.25) is 24.5 Å². The Bertz CT molecular complexity index is 1260. The molecule has 1 amide bonds. The average molecular weight is 446 g/mol. The number of hydrogen-bond acceptors (Lipinski definition) is 7. The van der Waals surface area contributed by atoms with E-state index in [0.29, 0.717) is 16.7 Å². The van der Waals surface area contributed by atoms with E-state index in [1.165, 1.54) is 36.0 Å². The third-order valence-corrected chi connectivity index (χ3v) is 5.55. The Hall–Kier alpha value is -4.05. The molecular weight excluding hydrogens is 428 g/mol. The van der Waals surface area contributed by atoms with E-state index < -0.39 is 4.92 Å². The normalized spacial score (nSPS) is 10.7. The predicted octanol–water partition coefficient (Wildman–Crippen LogP) is 4.28. The summed E-state index contributed by atoms with van der Waals surface area (Å²) in [5, 5.41) is 22.8. The van der Waals surface area contributed by atoms with Crippen molar-refractivity contribution in [2.24, 2.45) is 0 Å². The van der Waals surface area contributed by atoms with Gasteiger partial charge in [0.25, 0.3) is 5.69 Å². The van der Waals surface area contributed by atoms with Gasteiger partial charge in [0.05, 0.1) is 16.4 Å². The molecule has 0 spiro atoms. The van der Waals surface area contributed by atoms with Crippen LogP contribution in [0.3, 0.4) is 0 Å². The highest BCUT2D eigenvalue weighted by Gasteiger charge is 2.18. The van der Waals surface area contributed by atoms with Gasteiger partial charge in [0, 0.05) is 35.8 Å². The molecule has 0 saturated heterocycles. The van der Waals surface area contributed by atoms with Gasteiger partial charge in [0.1, 0.15) is 0 Å². The first-order valence-electron chi connectivity index (χ1n) is 9.62. The number of carbonyl (C=O) groups is 1. The van der Waals surface area contributed by atoms with E-state index in [1.54, 1.807) is 12.4 Å². The quantitative estimate of drug-likeness (QED) is 0.256. The van der Waals surface area contributed by atoms with Crippen LogP contribution >= 0.6 is 11.8 Å². The van der Waals surface area contributed by atoms with Gasteiger partial charge in [-0.05, 0) is 42.8 Å². The minimum Gasteiger partial charge on any atom is -0.325 e. The zero-order valence-electron chi connectivity index (χ0n) is 17.0. The summed E-state index contributed by atoms with van der Waals surface area (Å²) in [6, 6.07) is 17.3. The number of nitrogens with zero attached hydrogens (tertiary/aromatic N) is 5. The van der Waals surface area contributed by atoms with Crippen molar-refractivity contribution in [3.8, 4) is 17.1 Å². The number of carbonyl (C=O) groups excluding carboxylic acids is 1. The van der Waals surface area contributed by atoms with Gasteiger partial charge in [-0.25, -0.2) is 0 Å². The summed E-state index contributed by atoms with van der Waals surface area (Å²) in [7, 11) is 0. The van der Waals surface area contributed by atoms with E-state index in [0.717, 1.165) is 16.8 Å². The maximum atomic E-state index is 12.5. The molecule has 0 aliphatic carbocycles. The number of nitrogens with one attached hydrogen (secondary N) is 1. The molecule has 4 rings (SSSR count). The van der Waals surface area contributed by atoms with Crippen molar-refractivity contribution in [3.63, 3.8) is 0 Å². The Labute approximate surface area is 187 Å². The number of para-hydroxylation sites is 1. The third-order valence-electron chi connectivity index (χ3n) is 4.62. The number of rotatable bonds is 7. The summed E-state index contributed by atoms with van der Waals surface area (Å²) in [5.41, 5.74) is 3.27. The first kappa shape index (κ1) is 21.2. The molecule has 2 aromatic carbocycles. The van der Waals surface area contributed by atoms with Gasteiger partial charge in [0.15, 0.2) is 11.0 Å². The lowest BCUT2D eigenvalue weighted by molar-refractivity contribution is -0.384. The monoisotopic (exact) mass is 446 g/mol. The molecule has 9 nitrogen and oxygen atoms in total. The van der Waals surface area contributed by atoms with Crippen LogP contribution in [-0.2, 0) is 4.79 Å². The molecule has 0 bridgehead atoms. The number of non-ortho nitro benzene ring substituents is 1. The summed E-state index contributed by atoms with van der Waals surface area (Å²) >= 11 is 1.25.